The average molecular weight is 233 g/mol. The molecule has 0 aromatic carbocycles. The minimum atomic E-state index is -0.105. The number of esters is 1. The predicted molar refractivity (Wildman–Crippen MR) is 66.3 cm³/mol. The summed E-state index contributed by atoms with van der Waals surface area (Å²) in [5, 5.41) is 3.22. The Kier molecular flexibility index (Phi) is 10.2. The molecule has 0 heterocycles. The SMILES string of the molecule is CNC(C)CCCCSCCC(=O)OC. The van der Waals surface area contributed by atoms with Crippen molar-refractivity contribution in [3.8, 4) is 0 Å². The van der Waals surface area contributed by atoms with Gasteiger partial charge in [-0.1, -0.05) is 6.42 Å². The number of ether oxygens (including phenoxy) is 1. The molecule has 0 aliphatic rings. The van der Waals surface area contributed by atoms with Crippen LogP contribution < -0.4 is 5.32 Å². The Morgan fingerprint density at radius 1 is 1.40 bits per heavy atom. The third-order valence-corrected chi connectivity index (χ3v) is 3.42. The second kappa shape index (κ2) is 10.3. The summed E-state index contributed by atoms with van der Waals surface area (Å²) in [5.74, 6) is 1.92. The molecule has 1 atom stereocenters. The molecule has 0 bridgehead atoms. The van der Waals surface area contributed by atoms with Gasteiger partial charge < -0.3 is 10.1 Å². The van der Waals surface area contributed by atoms with E-state index in [4.69, 9.17) is 0 Å². The molecule has 15 heavy (non-hydrogen) atoms. The van der Waals surface area contributed by atoms with Crippen molar-refractivity contribution in [1.29, 1.82) is 0 Å². The highest BCUT2D eigenvalue weighted by Gasteiger charge is 2.00. The van der Waals surface area contributed by atoms with Crippen LogP contribution in [0.25, 0.3) is 0 Å². The van der Waals surface area contributed by atoms with Gasteiger partial charge in [0, 0.05) is 11.8 Å². The van der Waals surface area contributed by atoms with Gasteiger partial charge in [0.05, 0.1) is 13.5 Å². The van der Waals surface area contributed by atoms with E-state index in [0.29, 0.717) is 12.5 Å². The van der Waals surface area contributed by atoms with Crippen LogP contribution in [0.5, 0.6) is 0 Å². The maximum Gasteiger partial charge on any atom is 0.306 e. The minimum Gasteiger partial charge on any atom is -0.469 e. The Balaban J connectivity index is 3.08. The maximum absolute atomic E-state index is 10.8. The molecule has 0 aliphatic carbocycles. The first kappa shape index (κ1) is 14.8. The highest BCUT2D eigenvalue weighted by Crippen LogP contribution is 2.09. The molecule has 1 N–H and O–H groups in total. The third-order valence-electron chi connectivity index (χ3n) is 2.35. The molecule has 0 fully saturated rings. The van der Waals surface area contributed by atoms with Crippen LogP contribution in [0, 0.1) is 0 Å². The van der Waals surface area contributed by atoms with Crippen molar-refractivity contribution in [3.63, 3.8) is 0 Å². The van der Waals surface area contributed by atoms with Crippen molar-refractivity contribution >= 4 is 17.7 Å². The summed E-state index contributed by atoms with van der Waals surface area (Å²) < 4.78 is 4.56. The van der Waals surface area contributed by atoms with Crippen molar-refractivity contribution in [2.45, 2.75) is 38.6 Å². The van der Waals surface area contributed by atoms with E-state index in [2.05, 4.69) is 17.0 Å². The zero-order chi connectivity index (χ0) is 11.5. The molecule has 4 heteroatoms. The molecule has 0 spiro atoms. The van der Waals surface area contributed by atoms with Crippen LogP contribution in [0.1, 0.15) is 32.6 Å². The first-order valence-electron chi connectivity index (χ1n) is 5.52. The summed E-state index contributed by atoms with van der Waals surface area (Å²) >= 11 is 1.83. The second-order valence-electron chi connectivity index (χ2n) is 3.62. The van der Waals surface area contributed by atoms with Gasteiger partial charge in [0.25, 0.3) is 0 Å². The normalized spacial score (nSPS) is 12.5. The van der Waals surface area contributed by atoms with Crippen molar-refractivity contribution in [2.24, 2.45) is 0 Å². The lowest BCUT2D eigenvalue weighted by Crippen LogP contribution is -2.20. The zero-order valence-corrected chi connectivity index (χ0v) is 10.9. The summed E-state index contributed by atoms with van der Waals surface area (Å²) in [4.78, 5) is 10.8. The highest BCUT2D eigenvalue weighted by atomic mass is 32.2. The number of hydrogen-bond donors (Lipinski definition) is 1. The van der Waals surface area contributed by atoms with Gasteiger partial charge in [-0.15, -0.1) is 0 Å². The maximum atomic E-state index is 10.8. The first-order valence-corrected chi connectivity index (χ1v) is 6.68. The molecule has 0 saturated carbocycles. The predicted octanol–water partition coefficient (Wildman–Crippen LogP) is 2.06. The van der Waals surface area contributed by atoms with Crippen LogP contribution in [-0.4, -0.2) is 37.7 Å². The van der Waals surface area contributed by atoms with Crippen molar-refractivity contribution < 1.29 is 9.53 Å². The molecule has 3 nitrogen and oxygen atoms in total. The summed E-state index contributed by atoms with van der Waals surface area (Å²) in [6, 6.07) is 0.616. The number of unbranched alkanes of at least 4 members (excludes halogenated alkanes) is 1. The molecule has 0 radical (unpaired) electrons. The molecule has 0 aliphatic heterocycles. The van der Waals surface area contributed by atoms with Gasteiger partial charge in [-0.05, 0) is 32.6 Å². The van der Waals surface area contributed by atoms with Gasteiger partial charge in [-0.25, -0.2) is 0 Å². The van der Waals surface area contributed by atoms with Crippen molar-refractivity contribution in [3.05, 3.63) is 0 Å². The van der Waals surface area contributed by atoms with E-state index in [9.17, 15) is 4.79 Å². The Morgan fingerprint density at radius 3 is 2.73 bits per heavy atom. The largest absolute Gasteiger partial charge is 0.469 e. The molecule has 90 valence electrons. The van der Waals surface area contributed by atoms with Crippen LogP contribution in [-0.2, 0) is 9.53 Å². The van der Waals surface area contributed by atoms with E-state index >= 15 is 0 Å². The van der Waals surface area contributed by atoms with Crippen LogP contribution in [0.2, 0.25) is 0 Å². The summed E-state index contributed by atoms with van der Waals surface area (Å²) in [7, 11) is 3.43. The van der Waals surface area contributed by atoms with Crippen molar-refractivity contribution in [1.82, 2.24) is 5.32 Å². The molecule has 0 aromatic heterocycles. The topological polar surface area (TPSA) is 38.3 Å². The first-order chi connectivity index (χ1) is 7.20. The number of thioether (sulfide) groups is 1. The smallest absolute Gasteiger partial charge is 0.306 e. The van der Waals surface area contributed by atoms with Crippen molar-refractivity contribution in [2.75, 3.05) is 25.7 Å². The fourth-order valence-electron chi connectivity index (χ4n) is 1.16. The third kappa shape index (κ3) is 10.1. The molecular weight excluding hydrogens is 210 g/mol. The van der Waals surface area contributed by atoms with E-state index < -0.39 is 0 Å². The Morgan fingerprint density at radius 2 is 2.13 bits per heavy atom. The molecular formula is C11H23NO2S. The lowest BCUT2D eigenvalue weighted by atomic mass is 10.1. The van der Waals surface area contributed by atoms with E-state index in [1.54, 1.807) is 0 Å². The monoisotopic (exact) mass is 233 g/mol. The zero-order valence-electron chi connectivity index (χ0n) is 10.0. The van der Waals surface area contributed by atoms with Crippen LogP contribution in [0.3, 0.4) is 0 Å². The van der Waals surface area contributed by atoms with Crippen LogP contribution in [0.4, 0.5) is 0 Å². The van der Waals surface area contributed by atoms with Gasteiger partial charge in [0.15, 0.2) is 0 Å². The molecule has 1 unspecified atom stereocenters. The number of methoxy groups -OCH3 is 1. The van der Waals surface area contributed by atoms with Gasteiger partial charge >= 0.3 is 5.97 Å². The summed E-state index contributed by atoms with van der Waals surface area (Å²) in [5.41, 5.74) is 0. The van der Waals surface area contributed by atoms with Gasteiger partial charge in [-0.3, -0.25) is 4.79 Å². The van der Waals surface area contributed by atoms with Crippen LogP contribution >= 0.6 is 11.8 Å². The number of rotatable bonds is 9. The Labute approximate surface area is 97.3 Å². The van der Waals surface area contributed by atoms with E-state index in [0.717, 1.165) is 11.5 Å². The lowest BCUT2D eigenvalue weighted by Gasteiger charge is -2.08. The Hall–Kier alpha value is -0.220. The average Bonchev–Trinajstić information content (AvgIpc) is 2.26. The highest BCUT2D eigenvalue weighted by molar-refractivity contribution is 7.99. The molecule has 0 saturated heterocycles. The molecule has 0 rings (SSSR count). The van der Waals surface area contributed by atoms with Gasteiger partial charge in [-0.2, -0.15) is 11.8 Å². The van der Waals surface area contributed by atoms with Crippen LogP contribution in [0.15, 0.2) is 0 Å². The summed E-state index contributed by atoms with van der Waals surface area (Å²) in [6.45, 7) is 2.20. The van der Waals surface area contributed by atoms with Gasteiger partial charge in [0.2, 0.25) is 0 Å². The quantitative estimate of drug-likeness (QED) is 0.489. The van der Waals surface area contributed by atoms with Gasteiger partial charge in [0.1, 0.15) is 0 Å². The lowest BCUT2D eigenvalue weighted by molar-refractivity contribution is -0.140. The summed E-state index contributed by atoms with van der Waals surface area (Å²) in [6.07, 6.45) is 4.26. The second-order valence-corrected chi connectivity index (χ2v) is 4.85. The standard InChI is InChI=1S/C11H23NO2S/c1-10(12-2)6-4-5-8-15-9-7-11(13)14-3/h10,12H,4-9H2,1-3H3. The number of nitrogens with one attached hydrogen (secondary N) is 1. The van der Waals surface area contributed by atoms with E-state index in [1.165, 1.54) is 26.4 Å². The molecule has 0 aromatic rings. The number of carbonyl (C=O) groups is 1. The fraction of sp³-hybridized carbons (Fsp3) is 0.909. The number of carbonyl (C=O) groups excluding carboxylic acids is 1. The minimum absolute atomic E-state index is 0.105. The fourth-order valence-corrected chi connectivity index (χ4v) is 2.08. The van der Waals surface area contributed by atoms with E-state index in [1.807, 2.05) is 18.8 Å². The number of hydrogen-bond acceptors (Lipinski definition) is 4. The van der Waals surface area contributed by atoms with E-state index in [-0.39, 0.29) is 5.97 Å². The Bertz CT molecular complexity index is 165. The molecule has 0 amide bonds.